The number of hydrogen-bond donors (Lipinski definition) is 1. The third kappa shape index (κ3) is 4.69. The smallest absolute Gasteiger partial charge is 0.312 e. The number of nitrogens with one attached hydrogen (secondary N) is 1. The molecule has 1 unspecified atom stereocenters. The summed E-state index contributed by atoms with van der Waals surface area (Å²) in [6.45, 7) is 3.11. The summed E-state index contributed by atoms with van der Waals surface area (Å²) >= 11 is 0. The maximum atomic E-state index is 12.7. The lowest BCUT2D eigenvalue weighted by atomic mass is 10.0. The van der Waals surface area contributed by atoms with E-state index in [0.717, 1.165) is 0 Å². The summed E-state index contributed by atoms with van der Waals surface area (Å²) in [6.07, 6.45) is 0.234. The minimum atomic E-state index is -0.811. The molecule has 2 amide bonds. The molecular weight excluding hydrogens is 418 g/mol. The molecule has 1 heterocycles. The Labute approximate surface area is 184 Å². The number of Topliss-reactive ketones (excluding diaryl/α,β-unsaturated/α-hetero) is 1. The highest BCUT2D eigenvalue weighted by atomic mass is 16.6. The van der Waals surface area contributed by atoms with Crippen molar-refractivity contribution in [1.82, 2.24) is 0 Å². The SMILES string of the molecule is CCCC(=O)c1ccc2c(c1)N(CC(=O)Nc1ccc(OC)c([N+](=O)[O-])c1)C(=O)C(C)O2. The number of amides is 2. The number of ketones is 1. The van der Waals surface area contributed by atoms with Gasteiger partial charge < -0.3 is 14.8 Å². The van der Waals surface area contributed by atoms with Gasteiger partial charge in [-0.15, -0.1) is 0 Å². The van der Waals surface area contributed by atoms with Crippen LogP contribution in [0.3, 0.4) is 0 Å². The Morgan fingerprint density at radius 3 is 2.66 bits per heavy atom. The number of hydrogen-bond acceptors (Lipinski definition) is 7. The molecule has 1 N–H and O–H groups in total. The van der Waals surface area contributed by atoms with Crippen LogP contribution in [0.1, 0.15) is 37.0 Å². The van der Waals surface area contributed by atoms with Gasteiger partial charge in [0.2, 0.25) is 5.91 Å². The molecule has 0 spiro atoms. The Morgan fingerprint density at radius 1 is 1.25 bits per heavy atom. The molecule has 0 radical (unpaired) electrons. The van der Waals surface area contributed by atoms with Gasteiger partial charge in [-0.1, -0.05) is 6.92 Å². The molecule has 1 aliphatic rings. The molecule has 0 aliphatic carbocycles. The third-order valence-corrected chi connectivity index (χ3v) is 4.93. The third-order valence-electron chi connectivity index (χ3n) is 4.93. The van der Waals surface area contributed by atoms with E-state index >= 15 is 0 Å². The van der Waals surface area contributed by atoms with Crippen molar-refractivity contribution in [3.8, 4) is 11.5 Å². The van der Waals surface area contributed by atoms with E-state index in [1.54, 1.807) is 25.1 Å². The number of carbonyl (C=O) groups is 3. The zero-order valence-corrected chi connectivity index (χ0v) is 17.9. The van der Waals surface area contributed by atoms with E-state index in [1.165, 1.54) is 30.2 Å². The highest BCUT2D eigenvalue weighted by Crippen LogP contribution is 2.35. The van der Waals surface area contributed by atoms with E-state index in [4.69, 9.17) is 9.47 Å². The van der Waals surface area contributed by atoms with Crippen molar-refractivity contribution >= 4 is 34.7 Å². The number of methoxy groups -OCH3 is 1. The van der Waals surface area contributed by atoms with E-state index in [0.29, 0.717) is 29.8 Å². The Bertz CT molecular complexity index is 1080. The van der Waals surface area contributed by atoms with Gasteiger partial charge in [-0.2, -0.15) is 0 Å². The molecule has 0 aromatic heterocycles. The number of ether oxygens (including phenoxy) is 2. The lowest BCUT2D eigenvalue weighted by molar-refractivity contribution is -0.385. The zero-order chi connectivity index (χ0) is 23.4. The summed E-state index contributed by atoms with van der Waals surface area (Å²) < 4.78 is 10.6. The average Bonchev–Trinajstić information content (AvgIpc) is 2.76. The van der Waals surface area contributed by atoms with Crippen molar-refractivity contribution in [3.05, 3.63) is 52.1 Å². The van der Waals surface area contributed by atoms with Gasteiger partial charge in [0, 0.05) is 23.7 Å². The first kappa shape index (κ1) is 22.7. The van der Waals surface area contributed by atoms with Crippen LogP contribution in [-0.2, 0) is 9.59 Å². The second-order valence-corrected chi connectivity index (χ2v) is 7.23. The lowest BCUT2D eigenvalue weighted by Crippen LogP contribution is -2.47. The monoisotopic (exact) mass is 441 g/mol. The molecule has 0 saturated heterocycles. The highest BCUT2D eigenvalue weighted by Gasteiger charge is 2.33. The van der Waals surface area contributed by atoms with E-state index in [1.807, 2.05) is 6.92 Å². The summed E-state index contributed by atoms with van der Waals surface area (Å²) in [6, 6.07) is 8.80. The number of nitro groups is 1. The van der Waals surface area contributed by atoms with Crippen LogP contribution in [0, 0.1) is 10.1 Å². The highest BCUT2D eigenvalue weighted by molar-refractivity contribution is 6.07. The molecule has 0 saturated carbocycles. The first-order valence-corrected chi connectivity index (χ1v) is 10.0. The summed E-state index contributed by atoms with van der Waals surface area (Å²) in [5.74, 6) is -0.630. The molecule has 3 rings (SSSR count). The largest absolute Gasteiger partial charge is 0.490 e. The van der Waals surface area contributed by atoms with Gasteiger partial charge in [0.05, 0.1) is 17.7 Å². The summed E-state index contributed by atoms with van der Waals surface area (Å²) in [7, 11) is 1.31. The molecule has 10 nitrogen and oxygen atoms in total. The Balaban J connectivity index is 1.85. The molecule has 0 bridgehead atoms. The van der Waals surface area contributed by atoms with Gasteiger partial charge in [0.25, 0.3) is 5.91 Å². The van der Waals surface area contributed by atoms with Crippen molar-refractivity contribution in [3.63, 3.8) is 0 Å². The quantitative estimate of drug-likeness (QED) is 0.378. The Kier molecular flexibility index (Phi) is 6.72. The van der Waals surface area contributed by atoms with Crippen LogP contribution in [0.25, 0.3) is 0 Å². The molecule has 2 aromatic carbocycles. The first-order valence-electron chi connectivity index (χ1n) is 10.0. The van der Waals surface area contributed by atoms with E-state index in [-0.39, 0.29) is 29.5 Å². The van der Waals surface area contributed by atoms with Gasteiger partial charge in [-0.05, 0) is 43.7 Å². The summed E-state index contributed by atoms with van der Waals surface area (Å²) in [4.78, 5) is 49.6. The van der Waals surface area contributed by atoms with E-state index in [2.05, 4.69) is 5.32 Å². The normalized spacial score (nSPS) is 14.9. The average molecular weight is 441 g/mol. The minimum Gasteiger partial charge on any atom is -0.490 e. The molecule has 10 heteroatoms. The van der Waals surface area contributed by atoms with Crippen molar-refractivity contribution in [1.29, 1.82) is 0 Å². The number of nitro benzene ring substituents is 1. The molecular formula is C22H23N3O7. The van der Waals surface area contributed by atoms with Crippen LogP contribution < -0.4 is 19.7 Å². The number of anilines is 2. The summed E-state index contributed by atoms with van der Waals surface area (Å²) in [5, 5.41) is 13.8. The number of rotatable bonds is 8. The topological polar surface area (TPSA) is 128 Å². The molecule has 1 atom stereocenters. The minimum absolute atomic E-state index is 0.0587. The molecule has 0 fully saturated rings. The summed E-state index contributed by atoms with van der Waals surface area (Å²) in [5.41, 5.74) is 0.632. The number of nitrogens with zero attached hydrogens (tertiary/aromatic N) is 2. The fourth-order valence-corrected chi connectivity index (χ4v) is 3.37. The van der Waals surface area contributed by atoms with Crippen molar-refractivity contribution in [2.24, 2.45) is 0 Å². The Morgan fingerprint density at radius 2 is 2.00 bits per heavy atom. The van der Waals surface area contributed by atoms with Gasteiger partial charge in [0.15, 0.2) is 17.6 Å². The number of benzene rings is 2. The standard InChI is InChI=1S/C22H23N3O7/c1-4-5-18(26)14-6-8-20-16(10-14)24(22(28)13(2)32-20)12-21(27)23-15-7-9-19(31-3)17(11-15)25(29)30/h6-11,13H,4-5,12H2,1-3H3,(H,23,27). The van der Waals surface area contributed by atoms with Crippen molar-refractivity contribution < 1.29 is 28.8 Å². The van der Waals surface area contributed by atoms with Gasteiger partial charge >= 0.3 is 5.69 Å². The fourth-order valence-electron chi connectivity index (χ4n) is 3.37. The van der Waals surface area contributed by atoms with Gasteiger partial charge in [-0.3, -0.25) is 29.4 Å². The van der Waals surface area contributed by atoms with Crippen LogP contribution in [0.5, 0.6) is 11.5 Å². The molecule has 2 aromatic rings. The van der Waals surface area contributed by atoms with Crippen LogP contribution >= 0.6 is 0 Å². The fraction of sp³-hybridized carbons (Fsp3) is 0.318. The second-order valence-electron chi connectivity index (χ2n) is 7.23. The second kappa shape index (κ2) is 9.46. The predicted octanol–water partition coefficient (Wildman–Crippen LogP) is 3.34. The lowest BCUT2D eigenvalue weighted by Gasteiger charge is -2.32. The van der Waals surface area contributed by atoms with Crippen LogP contribution in [0.4, 0.5) is 17.1 Å². The first-order chi connectivity index (χ1) is 15.2. The van der Waals surface area contributed by atoms with E-state index in [9.17, 15) is 24.5 Å². The number of fused-ring (bicyclic) bond motifs is 1. The van der Waals surface area contributed by atoms with Crippen LogP contribution in [-0.4, -0.2) is 42.3 Å². The number of carbonyl (C=O) groups excluding carboxylic acids is 3. The molecule has 168 valence electrons. The molecule has 1 aliphatic heterocycles. The maximum absolute atomic E-state index is 12.7. The van der Waals surface area contributed by atoms with Crippen LogP contribution in [0.2, 0.25) is 0 Å². The van der Waals surface area contributed by atoms with Crippen LogP contribution in [0.15, 0.2) is 36.4 Å². The van der Waals surface area contributed by atoms with Gasteiger partial charge in [-0.25, -0.2) is 0 Å². The van der Waals surface area contributed by atoms with E-state index < -0.39 is 22.8 Å². The maximum Gasteiger partial charge on any atom is 0.312 e. The predicted molar refractivity (Wildman–Crippen MR) is 116 cm³/mol. The molecule has 32 heavy (non-hydrogen) atoms. The van der Waals surface area contributed by atoms with Crippen molar-refractivity contribution in [2.45, 2.75) is 32.8 Å². The Hall–Kier alpha value is -3.95. The zero-order valence-electron chi connectivity index (χ0n) is 17.9. The van der Waals surface area contributed by atoms with Gasteiger partial charge in [0.1, 0.15) is 12.3 Å². The van der Waals surface area contributed by atoms with Crippen molar-refractivity contribution in [2.75, 3.05) is 23.9 Å².